The fraction of sp³-hybridized carbons (Fsp3) is 0.438. The van der Waals surface area contributed by atoms with E-state index in [2.05, 4.69) is 26.7 Å². The molecule has 4 nitrogen and oxygen atoms in total. The van der Waals surface area contributed by atoms with Crippen LogP contribution >= 0.6 is 9.47 Å². The van der Waals surface area contributed by atoms with Crippen molar-refractivity contribution in [1.82, 2.24) is 4.98 Å². The Bertz CT molecular complexity index is 542. The number of hydrogen-bond acceptors (Lipinski definition) is 4. The Morgan fingerprint density at radius 3 is 2.71 bits per heavy atom. The molecule has 0 saturated heterocycles. The molecule has 0 aliphatic carbocycles. The molecule has 1 aromatic heterocycles. The summed E-state index contributed by atoms with van der Waals surface area (Å²) in [6, 6.07) is 8.24. The minimum Gasteiger partial charge on any atom is -0.396 e. The zero-order valence-electron chi connectivity index (χ0n) is 13.1. The molecule has 0 amide bonds. The van der Waals surface area contributed by atoms with Gasteiger partial charge in [-0.1, -0.05) is 45.4 Å². The average molecular weight is 307 g/mol. The first-order valence-corrected chi connectivity index (χ1v) is 7.94. The summed E-state index contributed by atoms with van der Waals surface area (Å²) >= 11 is 0. The van der Waals surface area contributed by atoms with Crippen LogP contribution in [0.25, 0.3) is 10.9 Å². The smallest absolute Gasteiger partial charge is 0.0743 e. The standard InChI is InChI=1S/C14H20N3OP.C2H6/c1-2-5-10(9-18-19)17-14-11-6-3-4-7-13(11)16-8-12(14)15;1-2/h3-4,6-8,10H,2,5,9,15,19H2,1H3,(H,16,17);1-2H3. The molecule has 0 bridgehead atoms. The maximum Gasteiger partial charge on any atom is 0.0743 e. The monoisotopic (exact) mass is 307 g/mol. The number of anilines is 2. The number of aromatic nitrogens is 1. The molecular formula is C16H26N3OP. The van der Waals surface area contributed by atoms with Gasteiger partial charge in [0.25, 0.3) is 0 Å². The van der Waals surface area contributed by atoms with Crippen LogP contribution in [0.4, 0.5) is 11.4 Å². The SMILES string of the molecule is CC.CCCC(COP)Nc1c(N)cnc2ccccc12. The summed E-state index contributed by atoms with van der Waals surface area (Å²) < 4.78 is 5.18. The molecule has 0 aliphatic heterocycles. The van der Waals surface area contributed by atoms with Gasteiger partial charge in [0, 0.05) is 20.9 Å². The molecule has 21 heavy (non-hydrogen) atoms. The molecule has 1 aromatic carbocycles. The second-order valence-electron chi connectivity index (χ2n) is 4.57. The van der Waals surface area contributed by atoms with E-state index in [1.165, 1.54) is 0 Å². The molecule has 0 aliphatic rings. The normalized spacial score (nSPS) is 11.6. The third kappa shape index (κ3) is 4.83. The van der Waals surface area contributed by atoms with Crippen molar-refractivity contribution in [3.05, 3.63) is 30.5 Å². The predicted molar refractivity (Wildman–Crippen MR) is 95.5 cm³/mol. The van der Waals surface area contributed by atoms with E-state index in [4.69, 9.17) is 10.3 Å². The number of nitrogens with two attached hydrogens (primary N) is 1. The number of hydrogen-bond donors (Lipinski definition) is 2. The second kappa shape index (κ2) is 9.54. The quantitative estimate of drug-likeness (QED) is 0.784. The molecular weight excluding hydrogens is 281 g/mol. The number of rotatable bonds is 6. The van der Waals surface area contributed by atoms with Crippen LogP contribution in [0.5, 0.6) is 0 Å². The largest absolute Gasteiger partial charge is 0.396 e. The Balaban J connectivity index is 0.00000106. The summed E-state index contributed by atoms with van der Waals surface area (Å²) in [5.41, 5.74) is 8.62. The van der Waals surface area contributed by atoms with Crippen molar-refractivity contribution in [3.8, 4) is 0 Å². The van der Waals surface area contributed by atoms with Gasteiger partial charge in [-0.15, -0.1) is 0 Å². The van der Waals surface area contributed by atoms with E-state index >= 15 is 0 Å². The molecule has 116 valence electrons. The van der Waals surface area contributed by atoms with Gasteiger partial charge in [-0.2, -0.15) is 0 Å². The van der Waals surface area contributed by atoms with E-state index in [9.17, 15) is 0 Å². The van der Waals surface area contributed by atoms with Crippen LogP contribution in [0.1, 0.15) is 33.6 Å². The molecule has 2 aromatic rings. The van der Waals surface area contributed by atoms with E-state index < -0.39 is 0 Å². The summed E-state index contributed by atoms with van der Waals surface area (Å²) in [6.07, 6.45) is 3.83. The first-order chi connectivity index (χ1) is 10.3. The van der Waals surface area contributed by atoms with Gasteiger partial charge in [-0.3, -0.25) is 4.98 Å². The van der Waals surface area contributed by atoms with E-state index in [-0.39, 0.29) is 6.04 Å². The Labute approximate surface area is 129 Å². The number of para-hydroxylation sites is 1. The Morgan fingerprint density at radius 1 is 1.33 bits per heavy atom. The van der Waals surface area contributed by atoms with Gasteiger partial charge in [0.1, 0.15) is 0 Å². The highest BCUT2D eigenvalue weighted by Gasteiger charge is 2.12. The third-order valence-corrected chi connectivity index (χ3v) is 3.28. The van der Waals surface area contributed by atoms with E-state index in [0.29, 0.717) is 12.3 Å². The Morgan fingerprint density at radius 2 is 2.05 bits per heavy atom. The van der Waals surface area contributed by atoms with Crippen LogP contribution in [0, 0.1) is 0 Å². The lowest BCUT2D eigenvalue weighted by Gasteiger charge is -2.20. The van der Waals surface area contributed by atoms with Crippen molar-refractivity contribution < 1.29 is 4.52 Å². The van der Waals surface area contributed by atoms with Crippen molar-refractivity contribution in [2.45, 2.75) is 39.7 Å². The van der Waals surface area contributed by atoms with E-state index in [1.807, 2.05) is 38.1 Å². The number of nitrogens with zero attached hydrogens (tertiary/aromatic N) is 1. The number of nitrogens with one attached hydrogen (secondary N) is 1. The lowest BCUT2D eigenvalue weighted by molar-refractivity contribution is 0.336. The summed E-state index contributed by atoms with van der Waals surface area (Å²) in [5.74, 6) is 0. The second-order valence-corrected chi connectivity index (χ2v) is 4.90. The topological polar surface area (TPSA) is 60.2 Å². The Hall–Kier alpha value is -1.38. The van der Waals surface area contributed by atoms with Crippen LogP contribution in [-0.2, 0) is 4.52 Å². The van der Waals surface area contributed by atoms with E-state index in [0.717, 1.165) is 29.4 Å². The lowest BCUT2D eigenvalue weighted by Crippen LogP contribution is -2.24. The minimum atomic E-state index is 0.246. The molecule has 5 heteroatoms. The number of fused-ring (bicyclic) bond motifs is 1. The zero-order chi connectivity index (χ0) is 15.7. The van der Waals surface area contributed by atoms with Crippen molar-refractivity contribution in [2.24, 2.45) is 0 Å². The average Bonchev–Trinajstić information content (AvgIpc) is 2.52. The molecule has 2 unspecified atom stereocenters. The van der Waals surface area contributed by atoms with Gasteiger partial charge < -0.3 is 15.6 Å². The first-order valence-electron chi connectivity index (χ1n) is 7.47. The summed E-state index contributed by atoms with van der Waals surface area (Å²) in [4.78, 5) is 4.34. The molecule has 0 radical (unpaired) electrons. The van der Waals surface area contributed by atoms with Crippen molar-refractivity contribution in [3.63, 3.8) is 0 Å². The molecule has 2 atom stereocenters. The predicted octanol–water partition coefficient (Wildman–Crippen LogP) is 4.23. The lowest BCUT2D eigenvalue weighted by atomic mass is 10.1. The van der Waals surface area contributed by atoms with Gasteiger partial charge in [-0.05, 0) is 12.5 Å². The molecule has 0 saturated carbocycles. The highest BCUT2D eigenvalue weighted by Crippen LogP contribution is 2.28. The van der Waals surface area contributed by atoms with Crippen LogP contribution in [-0.4, -0.2) is 17.6 Å². The van der Waals surface area contributed by atoms with E-state index in [1.54, 1.807) is 6.20 Å². The summed E-state index contributed by atoms with van der Waals surface area (Å²) in [7, 11) is 2.30. The molecule has 0 fully saturated rings. The highest BCUT2D eigenvalue weighted by atomic mass is 31.0. The van der Waals surface area contributed by atoms with Gasteiger partial charge in [-0.25, -0.2) is 0 Å². The maximum absolute atomic E-state index is 6.06. The van der Waals surface area contributed by atoms with Crippen molar-refractivity contribution in [2.75, 3.05) is 17.7 Å². The number of nitrogen functional groups attached to an aromatic ring is 1. The van der Waals surface area contributed by atoms with Gasteiger partial charge in [0.15, 0.2) is 0 Å². The number of pyridine rings is 1. The van der Waals surface area contributed by atoms with Crippen LogP contribution in [0.15, 0.2) is 30.5 Å². The fourth-order valence-electron chi connectivity index (χ4n) is 2.18. The van der Waals surface area contributed by atoms with Crippen LogP contribution in [0.2, 0.25) is 0 Å². The molecule has 0 spiro atoms. The number of benzene rings is 1. The zero-order valence-corrected chi connectivity index (χ0v) is 14.3. The van der Waals surface area contributed by atoms with Crippen molar-refractivity contribution >= 4 is 31.7 Å². The first kappa shape index (κ1) is 17.7. The minimum absolute atomic E-state index is 0.246. The molecule has 2 rings (SSSR count). The highest BCUT2D eigenvalue weighted by molar-refractivity contribution is 7.09. The third-order valence-electron chi connectivity index (χ3n) is 3.09. The molecule has 3 N–H and O–H groups in total. The van der Waals surface area contributed by atoms with Gasteiger partial charge in [0.05, 0.1) is 29.7 Å². The van der Waals surface area contributed by atoms with Crippen LogP contribution < -0.4 is 11.1 Å². The van der Waals surface area contributed by atoms with Gasteiger partial charge >= 0.3 is 0 Å². The molecule has 1 heterocycles. The summed E-state index contributed by atoms with van der Waals surface area (Å²) in [6.45, 7) is 6.79. The van der Waals surface area contributed by atoms with Gasteiger partial charge in [0.2, 0.25) is 0 Å². The fourth-order valence-corrected chi connectivity index (χ4v) is 2.42. The summed E-state index contributed by atoms with van der Waals surface area (Å²) in [5, 5.41) is 4.54. The van der Waals surface area contributed by atoms with Crippen LogP contribution in [0.3, 0.4) is 0 Å². The van der Waals surface area contributed by atoms with Crippen molar-refractivity contribution in [1.29, 1.82) is 0 Å². The maximum atomic E-state index is 6.06. The Kier molecular flexibility index (Phi) is 8.03.